The molecule has 1 N–H and O–H groups in total. The number of hydrogen-bond acceptors (Lipinski definition) is 3. The van der Waals surface area contributed by atoms with Gasteiger partial charge in [0, 0.05) is 39.4 Å². The molecule has 7 heteroatoms. The van der Waals surface area contributed by atoms with E-state index in [0.29, 0.717) is 18.2 Å². The molecule has 2 aromatic rings. The zero-order chi connectivity index (χ0) is 18.8. The lowest BCUT2D eigenvalue weighted by Crippen LogP contribution is -2.38. The van der Waals surface area contributed by atoms with Crippen LogP contribution < -0.4 is 10.1 Å². The Morgan fingerprint density at radius 3 is 2.74 bits per heavy atom. The Morgan fingerprint density at radius 2 is 2.07 bits per heavy atom. The highest BCUT2D eigenvalue weighted by Crippen LogP contribution is 2.20. The van der Waals surface area contributed by atoms with Crippen LogP contribution in [-0.2, 0) is 6.54 Å². The van der Waals surface area contributed by atoms with Crippen LogP contribution in [0.4, 0.5) is 4.39 Å². The van der Waals surface area contributed by atoms with Crippen molar-refractivity contribution >= 4 is 29.9 Å². The molecule has 1 aromatic carbocycles. The zero-order valence-electron chi connectivity index (χ0n) is 15.7. The fourth-order valence-corrected chi connectivity index (χ4v) is 2.38. The van der Waals surface area contributed by atoms with Gasteiger partial charge in [0.2, 0.25) is 5.88 Å². The SMILES string of the molecule is C=CCCCN(C)C(=NC)NCc1ccnc(Oc2ccc(F)cc2)c1.I. The van der Waals surface area contributed by atoms with Gasteiger partial charge in [-0.3, -0.25) is 4.99 Å². The maximum atomic E-state index is 13.0. The average molecular weight is 484 g/mol. The van der Waals surface area contributed by atoms with Gasteiger partial charge in [0.1, 0.15) is 11.6 Å². The lowest BCUT2D eigenvalue weighted by Gasteiger charge is -2.22. The number of guanidine groups is 1. The fraction of sp³-hybridized carbons (Fsp3) is 0.300. The summed E-state index contributed by atoms with van der Waals surface area (Å²) in [5, 5.41) is 3.33. The van der Waals surface area contributed by atoms with Gasteiger partial charge in [-0.25, -0.2) is 9.37 Å². The summed E-state index contributed by atoms with van der Waals surface area (Å²) >= 11 is 0. The first-order valence-electron chi connectivity index (χ1n) is 8.53. The van der Waals surface area contributed by atoms with Gasteiger partial charge in [-0.2, -0.15) is 0 Å². The Morgan fingerprint density at radius 1 is 1.33 bits per heavy atom. The molecular weight excluding hydrogens is 458 g/mol. The lowest BCUT2D eigenvalue weighted by atomic mass is 10.2. The number of unbranched alkanes of at least 4 members (excludes halogenated alkanes) is 1. The fourth-order valence-electron chi connectivity index (χ4n) is 2.38. The Balaban J connectivity index is 0.00000364. The van der Waals surface area contributed by atoms with E-state index in [0.717, 1.165) is 30.9 Å². The third-order valence-corrected chi connectivity index (χ3v) is 3.76. The number of aromatic nitrogens is 1. The van der Waals surface area contributed by atoms with E-state index in [1.165, 1.54) is 12.1 Å². The zero-order valence-corrected chi connectivity index (χ0v) is 18.0. The van der Waals surface area contributed by atoms with E-state index in [-0.39, 0.29) is 29.8 Å². The van der Waals surface area contributed by atoms with Crippen molar-refractivity contribution in [3.05, 3.63) is 66.6 Å². The van der Waals surface area contributed by atoms with Gasteiger partial charge in [-0.15, -0.1) is 30.6 Å². The highest BCUT2D eigenvalue weighted by molar-refractivity contribution is 14.0. The molecule has 0 saturated carbocycles. The minimum atomic E-state index is -0.299. The second-order valence-electron chi connectivity index (χ2n) is 5.81. The van der Waals surface area contributed by atoms with Crippen LogP contribution in [0.3, 0.4) is 0 Å². The summed E-state index contributed by atoms with van der Waals surface area (Å²) in [4.78, 5) is 10.6. The normalized spacial score (nSPS) is 10.7. The van der Waals surface area contributed by atoms with E-state index in [9.17, 15) is 4.39 Å². The highest BCUT2D eigenvalue weighted by atomic mass is 127. The summed E-state index contributed by atoms with van der Waals surface area (Å²) in [6.07, 6.45) is 5.62. The van der Waals surface area contributed by atoms with Crippen LogP contribution in [0.15, 0.2) is 60.2 Å². The van der Waals surface area contributed by atoms with E-state index in [4.69, 9.17) is 4.74 Å². The predicted molar refractivity (Wildman–Crippen MR) is 118 cm³/mol. The van der Waals surface area contributed by atoms with Crippen LogP contribution in [-0.4, -0.2) is 36.5 Å². The second kappa shape index (κ2) is 12.3. The number of allylic oxidation sites excluding steroid dienone is 1. The molecule has 0 aliphatic carbocycles. The molecule has 0 aliphatic heterocycles. The topological polar surface area (TPSA) is 49.8 Å². The number of nitrogens with zero attached hydrogens (tertiary/aromatic N) is 3. The molecule has 0 atom stereocenters. The molecule has 0 aliphatic rings. The van der Waals surface area contributed by atoms with E-state index < -0.39 is 0 Å². The van der Waals surface area contributed by atoms with Crippen LogP contribution in [0.25, 0.3) is 0 Å². The predicted octanol–water partition coefficient (Wildman–Crippen LogP) is 4.60. The molecule has 1 heterocycles. The molecule has 0 unspecified atom stereocenters. The maximum absolute atomic E-state index is 13.0. The van der Waals surface area contributed by atoms with Gasteiger partial charge in [0.05, 0.1) is 0 Å². The van der Waals surface area contributed by atoms with Gasteiger partial charge < -0.3 is 15.0 Å². The second-order valence-corrected chi connectivity index (χ2v) is 5.81. The van der Waals surface area contributed by atoms with Gasteiger partial charge in [-0.05, 0) is 48.7 Å². The summed E-state index contributed by atoms with van der Waals surface area (Å²) in [5.74, 6) is 1.53. The third kappa shape index (κ3) is 7.94. The highest BCUT2D eigenvalue weighted by Gasteiger charge is 2.06. The van der Waals surface area contributed by atoms with Gasteiger partial charge in [0.25, 0.3) is 0 Å². The summed E-state index contributed by atoms with van der Waals surface area (Å²) in [7, 11) is 3.77. The number of rotatable bonds is 8. The monoisotopic (exact) mass is 484 g/mol. The van der Waals surface area contributed by atoms with Crippen LogP contribution in [0, 0.1) is 5.82 Å². The van der Waals surface area contributed by atoms with E-state index in [2.05, 4.69) is 26.8 Å². The van der Waals surface area contributed by atoms with Crippen molar-refractivity contribution in [3.63, 3.8) is 0 Å². The molecule has 1 aromatic heterocycles. The molecule has 0 spiro atoms. The molecule has 146 valence electrons. The Kier molecular flexibility index (Phi) is 10.4. The lowest BCUT2D eigenvalue weighted by molar-refractivity contribution is 0.459. The van der Waals surface area contributed by atoms with Gasteiger partial charge in [0.15, 0.2) is 5.96 Å². The van der Waals surface area contributed by atoms with Crippen molar-refractivity contribution in [3.8, 4) is 11.6 Å². The maximum Gasteiger partial charge on any atom is 0.219 e. The van der Waals surface area contributed by atoms with Crippen molar-refractivity contribution in [2.45, 2.75) is 19.4 Å². The first kappa shape index (κ1) is 22.9. The number of ether oxygens (including phenoxy) is 1. The van der Waals surface area contributed by atoms with E-state index in [1.807, 2.05) is 25.3 Å². The van der Waals surface area contributed by atoms with Crippen LogP contribution in [0.5, 0.6) is 11.6 Å². The number of nitrogens with one attached hydrogen (secondary N) is 1. The van der Waals surface area contributed by atoms with E-state index in [1.54, 1.807) is 25.4 Å². The van der Waals surface area contributed by atoms with Crippen LogP contribution in [0.1, 0.15) is 18.4 Å². The molecule has 27 heavy (non-hydrogen) atoms. The first-order valence-corrected chi connectivity index (χ1v) is 8.53. The largest absolute Gasteiger partial charge is 0.439 e. The minimum Gasteiger partial charge on any atom is -0.439 e. The molecule has 0 radical (unpaired) electrons. The van der Waals surface area contributed by atoms with Crippen molar-refractivity contribution in [1.29, 1.82) is 0 Å². The number of benzene rings is 1. The van der Waals surface area contributed by atoms with Crippen LogP contribution >= 0.6 is 24.0 Å². The van der Waals surface area contributed by atoms with Crippen molar-refractivity contribution in [2.75, 3.05) is 20.6 Å². The molecule has 0 bridgehead atoms. The summed E-state index contributed by atoms with van der Waals surface area (Å²) < 4.78 is 18.6. The molecule has 2 rings (SSSR count). The Hall–Kier alpha value is -2.16. The summed E-state index contributed by atoms with van der Waals surface area (Å²) in [6, 6.07) is 9.61. The number of pyridine rings is 1. The quantitative estimate of drug-likeness (QED) is 0.196. The minimum absolute atomic E-state index is 0. The van der Waals surface area contributed by atoms with Crippen molar-refractivity contribution < 1.29 is 9.13 Å². The molecule has 0 saturated heterocycles. The van der Waals surface area contributed by atoms with Crippen molar-refractivity contribution in [2.24, 2.45) is 4.99 Å². The Labute approximate surface area is 177 Å². The standard InChI is InChI=1S/C20H25FN4O.HI/c1-4-5-6-13-25(3)20(22-2)24-15-16-11-12-23-19(14-16)26-18-9-7-17(21)8-10-18;/h4,7-12,14H,1,5-6,13,15H2,2-3H3,(H,22,24);1H. The smallest absolute Gasteiger partial charge is 0.219 e. The van der Waals surface area contributed by atoms with Gasteiger partial charge in [-0.1, -0.05) is 6.08 Å². The number of halogens is 2. The Bertz CT molecular complexity index is 737. The van der Waals surface area contributed by atoms with Gasteiger partial charge >= 0.3 is 0 Å². The average Bonchev–Trinajstić information content (AvgIpc) is 2.65. The molecule has 0 fully saturated rings. The molecule has 0 amide bonds. The number of aliphatic imine (C=N–C) groups is 1. The van der Waals surface area contributed by atoms with Crippen LogP contribution in [0.2, 0.25) is 0 Å². The summed E-state index contributed by atoms with van der Waals surface area (Å²) in [5.41, 5.74) is 1.01. The first-order chi connectivity index (χ1) is 12.6. The van der Waals surface area contributed by atoms with Crippen molar-refractivity contribution in [1.82, 2.24) is 15.2 Å². The molecule has 5 nitrogen and oxygen atoms in total. The third-order valence-electron chi connectivity index (χ3n) is 3.76. The summed E-state index contributed by atoms with van der Waals surface area (Å²) in [6.45, 7) is 5.24. The number of hydrogen-bond donors (Lipinski definition) is 1. The molecular formula is C20H26FIN4O. The van der Waals surface area contributed by atoms with E-state index >= 15 is 0 Å².